The first-order chi connectivity index (χ1) is 11.8. The van der Waals surface area contributed by atoms with Gasteiger partial charge in [0.15, 0.2) is 11.5 Å². The van der Waals surface area contributed by atoms with Crippen molar-refractivity contribution in [1.29, 1.82) is 0 Å². The van der Waals surface area contributed by atoms with Crippen LogP contribution < -0.4 is 10.6 Å². The lowest BCUT2D eigenvalue weighted by atomic mass is 9.96. The van der Waals surface area contributed by atoms with Gasteiger partial charge in [0.1, 0.15) is 0 Å². The van der Waals surface area contributed by atoms with Gasteiger partial charge < -0.3 is 10.6 Å². The molecular weight excluding hydrogens is 338 g/mol. The van der Waals surface area contributed by atoms with Crippen LogP contribution in [-0.2, 0) is 9.59 Å². The molecule has 2 aromatic rings. The Labute approximate surface area is 152 Å². The predicted molar refractivity (Wildman–Crippen MR) is 99.3 cm³/mol. The summed E-state index contributed by atoms with van der Waals surface area (Å²) in [5.74, 6) is 1.17. The molecule has 0 aliphatic rings. The predicted octanol–water partition coefficient (Wildman–Crippen LogP) is 1.80. The smallest absolute Gasteiger partial charge is 0.239 e. The standard InChI is InChI=1S/C17H25N5O2S/c1-17(2,3)16(24)18-11-14(23)19-12(8-10-25-4)15-21-20-13-7-5-6-9-22(13)15/h5-7,9,12H,8,10-11H2,1-4H3,(H,18,24)(H,19,23). The molecule has 0 radical (unpaired) electrons. The molecule has 136 valence electrons. The Balaban J connectivity index is 2.07. The Morgan fingerprint density at radius 1 is 1.28 bits per heavy atom. The van der Waals surface area contributed by atoms with Crippen LogP contribution >= 0.6 is 11.8 Å². The molecule has 0 spiro atoms. The minimum atomic E-state index is -0.526. The molecule has 1 atom stereocenters. The van der Waals surface area contributed by atoms with E-state index in [0.29, 0.717) is 5.82 Å². The molecule has 0 saturated heterocycles. The lowest BCUT2D eigenvalue weighted by molar-refractivity contribution is -0.131. The number of thioether (sulfide) groups is 1. The number of aromatic nitrogens is 3. The third-order valence-corrected chi connectivity index (χ3v) is 4.33. The van der Waals surface area contributed by atoms with Crippen molar-refractivity contribution in [2.75, 3.05) is 18.6 Å². The maximum Gasteiger partial charge on any atom is 0.239 e. The lowest BCUT2D eigenvalue weighted by Gasteiger charge is -2.20. The Hall–Kier alpha value is -2.09. The van der Waals surface area contributed by atoms with Crippen LogP contribution in [0.1, 0.15) is 39.1 Å². The van der Waals surface area contributed by atoms with Crippen LogP contribution in [-0.4, -0.2) is 45.0 Å². The van der Waals surface area contributed by atoms with Crippen LogP contribution in [0.5, 0.6) is 0 Å². The van der Waals surface area contributed by atoms with Crippen LogP contribution in [0.25, 0.3) is 5.65 Å². The van der Waals surface area contributed by atoms with Crippen molar-refractivity contribution in [1.82, 2.24) is 25.2 Å². The van der Waals surface area contributed by atoms with Crippen molar-refractivity contribution in [3.05, 3.63) is 30.2 Å². The first kappa shape index (κ1) is 19.2. The number of rotatable bonds is 7. The third kappa shape index (κ3) is 5.19. The molecule has 0 aromatic carbocycles. The summed E-state index contributed by atoms with van der Waals surface area (Å²) in [5, 5.41) is 14.0. The maximum atomic E-state index is 12.3. The van der Waals surface area contributed by atoms with Crippen LogP contribution in [0.2, 0.25) is 0 Å². The van der Waals surface area contributed by atoms with E-state index in [-0.39, 0.29) is 24.4 Å². The number of amides is 2. The van der Waals surface area contributed by atoms with E-state index in [1.54, 1.807) is 11.8 Å². The number of fused-ring (bicyclic) bond motifs is 1. The average molecular weight is 363 g/mol. The molecule has 0 aliphatic heterocycles. The van der Waals surface area contributed by atoms with E-state index in [0.717, 1.165) is 17.8 Å². The van der Waals surface area contributed by atoms with Gasteiger partial charge in [-0.3, -0.25) is 14.0 Å². The average Bonchev–Trinajstić information content (AvgIpc) is 2.99. The van der Waals surface area contributed by atoms with Gasteiger partial charge in [-0.25, -0.2) is 0 Å². The van der Waals surface area contributed by atoms with Gasteiger partial charge >= 0.3 is 0 Å². The van der Waals surface area contributed by atoms with E-state index < -0.39 is 5.41 Å². The van der Waals surface area contributed by atoms with Gasteiger partial charge in [0.2, 0.25) is 11.8 Å². The molecular formula is C17H25N5O2S. The number of hydrogen-bond donors (Lipinski definition) is 2. The summed E-state index contributed by atoms with van der Waals surface area (Å²) < 4.78 is 1.87. The topological polar surface area (TPSA) is 88.4 Å². The van der Waals surface area contributed by atoms with E-state index in [1.165, 1.54) is 0 Å². The highest BCUT2D eigenvalue weighted by Crippen LogP contribution is 2.18. The maximum absolute atomic E-state index is 12.3. The van der Waals surface area contributed by atoms with Crippen molar-refractivity contribution in [2.45, 2.75) is 33.2 Å². The molecule has 0 saturated carbocycles. The number of hydrogen-bond acceptors (Lipinski definition) is 5. The molecule has 2 heterocycles. The lowest BCUT2D eigenvalue weighted by Crippen LogP contribution is -2.43. The highest BCUT2D eigenvalue weighted by Gasteiger charge is 2.23. The fraction of sp³-hybridized carbons (Fsp3) is 0.529. The largest absolute Gasteiger partial charge is 0.347 e. The number of nitrogens with zero attached hydrogens (tertiary/aromatic N) is 3. The Morgan fingerprint density at radius 2 is 2.04 bits per heavy atom. The second kappa shape index (κ2) is 8.33. The van der Waals surface area contributed by atoms with Crippen molar-refractivity contribution < 1.29 is 9.59 Å². The van der Waals surface area contributed by atoms with Crippen LogP contribution in [0.15, 0.2) is 24.4 Å². The van der Waals surface area contributed by atoms with E-state index >= 15 is 0 Å². The minimum Gasteiger partial charge on any atom is -0.347 e. The summed E-state index contributed by atoms with van der Waals surface area (Å²) in [6, 6.07) is 5.40. The van der Waals surface area contributed by atoms with Crippen LogP contribution in [0.4, 0.5) is 0 Å². The van der Waals surface area contributed by atoms with Gasteiger partial charge in [-0.2, -0.15) is 11.8 Å². The summed E-state index contributed by atoms with van der Waals surface area (Å²) in [5.41, 5.74) is 0.212. The second-order valence-corrected chi connectivity index (χ2v) is 7.81. The summed E-state index contributed by atoms with van der Waals surface area (Å²) in [7, 11) is 0. The molecule has 25 heavy (non-hydrogen) atoms. The van der Waals surface area contributed by atoms with Crippen molar-refractivity contribution in [3.63, 3.8) is 0 Å². The van der Waals surface area contributed by atoms with E-state index in [1.807, 2.05) is 55.8 Å². The Bertz CT molecular complexity index is 738. The van der Waals surface area contributed by atoms with Gasteiger partial charge in [-0.05, 0) is 30.6 Å². The van der Waals surface area contributed by atoms with E-state index in [9.17, 15) is 9.59 Å². The zero-order valence-electron chi connectivity index (χ0n) is 15.1. The molecule has 2 rings (SSSR count). The van der Waals surface area contributed by atoms with Gasteiger partial charge in [0.25, 0.3) is 0 Å². The van der Waals surface area contributed by atoms with Crippen molar-refractivity contribution in [3.8, 4) is 0 Å². The first-order valence-electron chi connectivity index (χ1n) is 8.19. The first-order valence-corrected chi connectivity index (χ1v) is 9.58. The molecule has 2 amide bonds. The minimum absolute atomic E-state index is 0.0530. The van der Waals surface area contributed by atoms with Crippen molar-refractivity contribution in [2.24, 2.45) is 5.41 Å². The third-order valence-electron chi connectivity index (χ3n) is 3.69. The fourth-order valence-electron chi connectivity index (χ4n) is 2.27. The number of carbonyl (C=O) groups is 2. The highest BCUT2D eigenvalue weighted by atomic mass is 32.2. The SMILES string of the molecule is CSCCC(NC(=O)CNC(=O)C(C)(C)C)c1nnc2ccccn12. The quantitative estimate of drug-likeness (QED) is 0.783. The molecule has 0 aliphatic carbocycles. The fourth-order valence-corrected chi connectivity index (χ4v) is 2.74. The molecule has 2 N–H and O–H groups in total. The Morgan fingerprint density at radius 3 is 2.72 bits per heavy atom. The molecule has 1 unspecified atom stereocenters. The zero-order valence-corrected chi connectivity index (χ0v) is 15.9. The normalized spacial score (nSPS) is 12.8. The molecule has 0 bridgehead atoms. The number of pyridine rings is 1. The highest BCUT2D eigenvalue weighted by molar-refractivity contribution is 7.98. The number of carbonyl (C=O) groups excluding carboxylic acids is 2. The van der Waals surface area contributed by atoms with E-state index in [2.05, 4.69) is 20.8 Å². The number of nitrogens with one attached hydrogen (secondary N) is 2. The zero-order chi connectivity index (χ0) is 18.4. The Kier molecular flexibility index (Phi) is 6.41. The van der Waals surface area contributed by atoms with Crippen LogP contribution in [0.3, 0.4) is 0 Å². The van der Waals surface area contributed by atoms with Gasteiger partial charge in [-0.15, -0.1) is 10.2 Å². The molecule has 7 nitrogen and oxygen atoms in total. The van der Waals surface area contributed by atoms with Gasteiger partial charge in [0.05, 0.1) is 12.6 Å². The summed E-state index contributed by atoms with van der Waals surface area (Å²) in [4.78, 5) is 24.2. The second-order valence-electron chi connectivity index (χ2n) is 6.82. The molecule has 2 aromatic heterocycles. The van der Waals surface area contributed by atoms with Crippen LogP contribution in [0, 0.1) is 5.41 Å². The van der Waals surface area contributed by atoms with E-state index in [4.69, 9.17) is 0 Å². The van der Waals surface area contributed by atoms with Gasteiger partial charge in [0, 0.05) is 11.6 Å². The summed E-state index contributed by atoms with van der Waals surface area (Å²) in [6.45, 7) is 5.38. The van der Waals surface area contributed by atoms with Crippen molar-refractivity contribution >= 4 is 29.2 Å². The monoisotopic (exact) mass is 363 g/mol. The molecule has 8 heteroatoms. The summed E-state index contributed by atoms with van der Waals surface area (Å²) >= 11 is 1.70. The molecule has 0 fully saturated rings. The van der Waals surface area contributed by atoms with Gasteiger partial charge in [-0.1, -0.05) is 26.8 Å². The summed E-state index contributed by atoms with van der Waals surface area (Å²) in [6.07, 6.45) is 4.63.